The zero-order valence-corrected chi connectivity index (χ0v) is 19.2. The summed E-state index contributed by atoms with van der Waals surface area (Å²) in [5.74, 6) is 0. The van der Waals surface area contributed by atoms with E-state index in [2.05, 4.69) is 58.2 Å². The summed E-state index contributed by atoms with van der Waals surface area (Å²) < 4.78 is 0. The molecule has 0 aliphatic carbocycles. The van der Waals surface area contributed by atoms with E-state index in [1.807, 2.05) is 6.07 Å². The van der Waals surface area contributed by atoms with Crippen molar-refractivity contribution in [2.24, 2.45) is 0 Å². The lowest BCUT2D eigenvalue weighted by molar-refractivity contribution is -0.0000364. The number of likely N-dealkylation sites (tertiary alicyclic amines) is 1. The molecule has 0 radical (unpaired) electrons. The summed E-state index contributed by atoms with van der Waals surface area (Å²) in [7, 11) is 0. The number of piperazine rings is 1. The molecule has 4 rings (SSSR count). The average Bonchev–Trinajstić information content (AvgIpc) is 3.23. The number of hydrogen-bond acceptors (Lipinski definition) is 6. The third-order valence-corrected chi connectivity index (χ3v) is 7.59. The maximum atomic E-state index is 9.69. The molecular formula is C24H36N4OS. The molecule has 1 unspecified atom stereocenters. The van der Waals surface area contributed by atoms with Gasteiger partial charge in [0.2, 0.25) is 0 Å². The van der Waals surface area contributed by atoms with E-state index in [0.29, 0.717) is 18.1 Å². The second-order valence-electron chi connectivity index (χ2n) is 8.99. The lowest BCUT2D eigenvalue weighted by Crippen LogP contribution is -2.58. The molecule has 2 aliphatic rings. The van der Waals surface area contributed by atoms with Crippen molar-refractivity contribution in [2.75, 3.05) is 39.3 Å². The van der Waals surface area contributed by atoms with Gasteiger partial charge in [-0.3, -0.25) is 9.80 Å². The van der Waals surface area contributed by atoms with E-state index in [-0.39, 0.29) is 6.61 Å². The normalized spacial score (nSPS) is 22.7. The Labute approximate surface area is 185 Å². The number of rotatable bonds is 7. The lowest BCUT2D eigenvalue weighted by Gasteiger charge is -2.48. The molecule has 2 aliphatic heterocycles. The Balaban J connectivity index is 1.35. The summed E-state index contributed by atoms with van der Waals surface area (Å²) in [5.41, 5.74) is 2.27. The largest absolute Gasteiger partial charge is 0.396 e. The highest BCUT2D eigenvalue weighted by Gasteiger charge is 2.34. The van der Waals surface area contributed by atoms with Crippen LogP contribution < -0.4 is 0 Å². The molecular weight excluding hydrogens is 392 g/mol. The molecule has 3 heterocycles. The summed E-state index contributed by atoms with van der Waals surface area (Å²) in [6.45, 7) is 11.4. The van der Waals surface area contributed by atoms with Crippen LogP contribution in [0.2, 0.25) is 0 Å². The van der Waals surface area contributed by atoms with Crippen molar-refractivity contribution >= 4 is 11.3 Å². The first-order chi connectivity index (χ1) is 14.6. The fourth-order valence-corrected chi connectivity index (χ4v) is 5.86. The number of aliphatic hydroxyl groups is 1. The smallest absolute Gasteiger partial charge is 0.107 e. The topological polar surface area (TPSA) is 42.8 Å². The minimum atomic E-state index is 0.273. The zero-order chi connectivity index (χ0) is 20.9. The van der Waals surface area contributed by atoms with Gasteiger partial charge in [-0.05, 0) is 46.2 Å². The van der Waals surface area contributed by atoms with Crippen LogP contribution in [0.3, 0.4) is 0 Å². The average molecular weight is 429 g/mol. The van der Waals surface area contributed by atoms with E-state index in [4.69, 9.17) is 4.98 Å². The van der Waals surface area contributed by atoms with Gasteiger partial charge in [0.05, 0.1) is 12.2 Å². The van der Waals surface area contributed by atoms with Crippen molar-refractivity contribution in [1.82, 2.24) is 19.7 Å². The van der Waals surface area contributed by atoms with Crippen LogP contribution in [0.5, 0.6) is 0 Å². The first kappa shape index (κ1) is 21.9. The molecule has 6 heteroatoms. The second kappa shape index (κ2) is 10.3. The zero-order valence-electron chi connectivity index (χ0n) is 18.4. The second-order valence-corrected chi connectivity index (χ2v) is 9.94. The van der Waals surface area contributed by atoms with Gasteiger partial charge in [0.15, 0.2) is 0 Å². The van der Waals surface area contributed by atoms with Gasteiger partial charge in [-0.25, -0.2) is 4.98 Å². The van der Waals surface area contributed by atoms with Gasteiger partial charge in [0.1, 0.15) is 5.01 Å². The Morgan fingerprint density at radius 3 is 2.57 bits per heavy atom. The first-order valence-corrected chi connectivity index (χ1v) is 12.3. The predicted molar refractivity (Wildman–Crippen MR) is 125 cm³/mol. The fourth-order valence-electron chi connectivity index (χ4n) is 5.01. The van der Waals surface area contributed by atoms with Crippen molar-refractivity contribution in [3.8, 4) is 11.3 Å². The Kier molecular flexibility index (Phi) is 7.55. The Morgan fingerprint density at radius 1 is 1.10 bits per heavy atom. The van der Waals surface area contributed by atoms with Gasteiger partial charge in [-0.2, -0.15) is 0 Å². The van der Waals surface area contributed by atoms with Crippen LogP contribution in [0.4, 0.5) is 0 Å². The Hall–Kier alpha value is -1.31. The van der Waals surface area contributed by atoms with E-state index < -0.39 is 0 Å². The number of aromatic nitrogens is 1. The van der Waals surface area contributed by atoms with Crippen molar-refractivity contribution in [3.63, 3.8) is 0 Å². The molecule has 1 atom stereocenters. The van der Waals surface area contributed by atoms with Gasteiger partial charge in [-0.15, -0.1) is 11.3 Å². The summed E-state index contributed by atoms with van der Waals surface area (Å²) >= 11 is 1.76. The third kappa shape index (κ3) is 5.29. The maximum Gasteiger partial charge on any atom is 0.107 e. The van der Waals surface area contributed by atoms with Crippen molar-refractivity contribution in [3.05, 3.63) is 40.7 Å². The number of aliphatic hydroxyl groups excluding tert-OH is 1. The summed E-state index contributed by atoms with van der Waals surface area (Å²) in [6, 6.07) is 12.2. The standard InChI is InChI=1S/C24H36N4OS/c1-19(2)27-11-8-21(9-12-27)28-14-13-26(16-22(28)10-15-29)17-24-25-23(18-30-24)20-6-4-3-5-7-20/h3-7,18-19,21-22,29H,8-17H2,1-2H3. The number of nitrogens with zero attached hydrogens (tertiary/aromatic N) is 4. The van der Waals surface area contributed by atoms with E-state index >= 15 is 0 Å². The Morgan fingerprint density at radius 2 is 1.87 bits per heavy atom. The summed E-state index contributed by atoms with van der Waals surface area (Å²) in [4.78, 5) is 12.7. The highest BCUT2D eigenvalue weighted by molar-refractivity contribution is 7.09. The molecule has 1 aromatic heterocycles. The van der Waals surface area contributed by atoms with Gasteiger partial charge >= 0.3 is 0 Å². The number of piperidine rings is 1. The first-order valence-electron chi connectivity index (χ1n) is 11.5. The van der Waals surface area contributed by atoms with Crippen molar-refractivity contribution in [2.45, 2.75) is 57.8 Å². The quantitative estimate of drug-likeness (QED) is 0.731. The summed E-state index contributed by atoms with van der Waals surface area (Å²) in [5, 5.41) is 13.1. The molecule has 5 nitrogen and oxygen atoms in total. The van der Waals surface area contributed by atoms with E-state index in [0.717, 1.165) is 38.3 Å². The number of hydrogen-bond donors (Lipinski definition) is 1. The molecule has 0 amide bonds. The fraction of sp³-hybridized carbons (Fsp3) is 0.625. The third-order valence-electron chi connectivity index (χ3n) is 6.75. The molecule has 0 bridgehead atoms. The molecule has 2 fully saturated rings. The van der Waals surface area contributed by atoms with Crippen LogP contribution in [0.1, 0.15) is 38.1 Å². The number of thiazole rings is 1. The highest BCUT2D eigenvalue weighted by Crippen LogP contribution is 2.26. The van der Waals surface area contributed by atoms with Crippen LogP contribution >= 0.6 is 11.3 Å². The van der Waals surface area contributed by atoms with Crippen LogP contribution in [0, 0.1) is 0 Å². The van der Waals surface area contributed by atoms with Crippen LogP contribution in [-0.2, 0) is 6.54 Å². The molecule has 0 saturated carbocycles. The molecule has 2 aromatic rings. The lowest BCUT2D eigenvalue weighted by atomic mass is 9.97. The molecule has 1 aromatic carbocycles. The Bertz CT molecular complexity index is 773. The minimum Gasteiger partial charge on any atom is -0.396 e. The predicted octanol–water partition coefficient (Wildman–Crippen LogP) is 3.55. The van der Waals surface area contributed by atoms with Crippen molar-refractivity contribution in [1.29, 1.82) is 0 Å². The van der Waals surface area contributed by atoms with E-state index in [1.165, 1.54) is 36.5 Å². The molecule has 2 saturated heterocycles. The maximum absolute atomic E-state index is 9.69. The van der Waals surface area contributed by atoms with E-state index in [9.17, 15) is 5.11 Å². The minimum absolute atomic E-state index is 0.273. The molecule has 1 N–H and O–H groups in total. The van der Waals surface area contributed by atoms with Crippen LogP contribution in [0.15, 0.2) is 35.7 Å². The van der Waals surface area contributed by atoms with Gasteiger partial charge < -0.3 is 10.0 Å². The number of benzene rings is 1. The van der Waals surface area contributed by atoms with Crippen molar-refractivity contribution < 1.29 is 5.11 Å². The van der Waals surface area contributed by atoms with Gasteiger partial charge in [0.25, 0.3) is 0 Å². The highest BCUT2D eigenvalue weighted by atomic mass is 32.1. The molecule has 30 heavy (non-hydrogen) atoms. The summed E-state index contributed by atoms with van der Waals surface area (Å²) in [6.07, 6.45) is 3.38. The van der Waals surface area contributed by atoms with E-state index in [1.54, 1.807) is 11.3 Å². The van der Waals surface area contributed by atoms with Gasteiger partial charge in [-0.1, -0.05) is 30.3 Å². The van der Waals surface area contributed by atoms with Crippen LogP contribution in [0.25, 0.3) is 11.3 Å². The van der Waals surface area contributed by atoms with Crippen LogP contribution in [-0.4, -0.2) is 82.2 Å². The SMILES string of the molecule is CC(C)N1CCC(N2CCN(Cc3nc(-c4ccccc4)cs3)CC2CCO)CC1. The van der Waals surface area contributed by atoms with Gasteiger partial charge in [0, 0.05) is 55.3 Å². The monoisotopic (exact) mass is 428 g/mol. The molecule has 0 spiro atoms. The molecule has 164 valence electrons.